The minimum Gasteiger partial charge on any atom is -0.481 e. The SMILES string of the molecule is O=C(O)CCCCCN1C(=O)C2CC=C3C(CC4C(=O)N(Nc5ncc(C(F)(F)F)cc5Cl)C(=O)C4(c4ccc(Cl)cc4)C3c3ccc(CO)o3)C2C1=O. The third kappa shape index (κ3) is 6.15. The number of carbonyl (C=O) groups excluding carboxylic acids is 4. The number of imide groups is 2. The van der Waals surface area contributed by atoms with Gasteiger partial charge in [0.1, 0.15) is 23.5 Å². The Hall–Kier alpha value is -4.73. The summed E-state index contributed by atoms with van der Waals surface area (Å²) in [5.74, 6) is -7.96. The van der Waals surface area contributed by atoms with Gasteiger partial charge in [-0.15, -0.1) is 0 Å². The Morgan fingerprint density at radius 3 is 2.39 bits per heavy atom. The molecule has 0 spiro atoms. The van der Waals surface area contributed by atoms with Crippen molar-refractivity contribution in [3.8, 4) is 0 Å². The molecule has 4 aliphatic rings. The van der Waals surface area contributed by atoms with E-state index in [-0.39, 0.29) is 49.1 Å². The molecule has 3 aromatic rings. The van der Waals surface area contributed by atoms with Crippen LogP contribution in [0, 0.1) is 23.7 Å². The number of furan rings is 1. The van der Waals surface area contributed by atoms with Crippen LogP contribution in [0.4, 0.5) is 19.0 Å². The van der Waals surface area contributed by atoms with Crippen LogP contribution in [0.3, 0.4) is 0 Å². The fourth-order valence-corrected chi connectivity index (χ4v) is 9.07. The van der Waals surface area contributed by atoms with Crippen LogP contribution in [0.5, 0.6) is 0 Å². The maximum Gasteiger partial charge on any atom is 0.417 e. The number of carbonyl (C=O) groups is 5. The molecule has 54 heavy (non-hydrogen) atoms. The number of unbranched alkanes of at least 4 members (excludes halogenated alkanes) is 2. The number of halogens is 5. The second kappa shape index (κ2) is 14.2. The summed E-state index contributed by atoms with van der Waals surface area (Å²) >= 11 is 12.5. The molecule has 2 aliphatic heterocycles. The van der Waals surface area contributed by atoms with Crippen molar-refractivity contribution in [1.29, 1.82) is 0 Å². The van der Waals surface area contributed by atoms with Crippen molar-refractivity contribution in [2.45, 2.75) is 62.6 Å². The van der Waals surface area contributed by atoms with E-state index in [1.54, 1.807) is 30.3 Å². The number of nitrogens with one attached hydrogen (secondary N) is 1. The van der Waals surface area contributed by atoms with Crippen molar-refractivity contribution < 1.29 is 51.8 Å². The molecule has 1 saturated carbocycles. The number of hydrogen-bond donors (Lipinski definition) is 3. The molecule has 0 radical (unpaired) electrons. The van der Waals surface area contributed by atoms with Crippen LogP contribution in [0.1, 0.15) is 67.1 Å². The molecule has 17 heteroatoms. The zero-order valence-electron chi connectivity index (χ0n) is 28.3. The van der Waals surface area contributed by atoms with Crippen LogP contribution in [0.2, 0.25) is 10.0 Å². The van der Waals surface area contributed by atoms with Crippen molar-refractivity contribution in [2.75, 3.05) is 12.0 Å². The summed E-state index contributed by atoms with van der Waals surface area (Å²) in [5.41, 5.74) is 0.594. The summed E-state index contributed by atoms with van der Waals surface area (Å²) in [4.78, 5) is 73.6. The second-order valence-corrected chi connectivity index (χ2v) is 14.8. The molecule has 12 nitrogen and oxygen atoms in total. The van der Waals surface area contributed by atoms with Crippen molar-refractivity contribution in [3.05, 3.63) is 93.0 Å². The summed E-state index contributed by atoms with van der Waals surface area (Å²) < 4.78 is 46.4. The topological polar surface area (TPSA) is 170 Å². The lowest BCUT2D eigenvalue weighted by molar-refractivity contribution is -0.141. The quantitative estimate of drug-likeness (QED) is 0.117. The number of aromatic nitrogens is 1. The predicted octanol–water partition coefficient (Wildman–Crippen LogP) is 6.12. The number of benzene rings is 1. The van der Waals surface area contributed by atoms with Gasteiger partial charge in [-0.2, -0.15) is 18.2 Å². The highest BCUT2D eigenvalue weighted by Gasteiger charge is 2.71. The van der Waals surface area contributed by atoms with Gasteiger partial charge in [-0.25, -0.2) is 4.98 Å². The van der Waals surface area contributed by atoms with Crippen molar-refractivity contribution in [1.82, 2.24) is 14.9 Å². The maximum atomic E-state index is 15.1. The molecule has 1 aromatic carbocycles. The number of amides is 4. The van der Waals surface area contributed by atoms with Gasteiger partial charge >= 0.3 is 12.1 Å². The third-order valence-corrected chi connectivity index (χ3v) is 11.6. The molecule has 6 atom stereocenters. The number of carboxylic acids is 1. The van der Waals surface area contributed by atoms with Gasteiger partial charge < -0.3 is 14.6 Å². The molecule has 0 bridgehead atoms. The Kier molecular flexibility index (Phi) is 9.86. The molecule has 3 N–H and O–H groups in total. The van der Waals surface area contributed by atoms with Crippen molar-refractivity contribution in [2.24, 2.45) is 23.7 Å². The van der Waals surface area contributed by atoms with E-state index in [0.717, 1.165) is 0 Å². The number of alkyl halides is 3. The number of allylic oxidation sites excluding steroid dienone is 2. The minimum absolute atomic E-state index is 0.0365. The Balaban J connectivity index is 1.33. The summed E-state index contributed by atoms with van der Waals surface area (Å²) in [7, 11) is 0. The summed E-state index contributed by atoms with van der Waals surface area (Å²) in [6, 6.07) is 10.0. The minimum atomic E-state index is -4.76. The molecule has 2 saturated heterocycles. The summed E-state index contributed by atoms with van der Waals surface area (Å²) in [5, 5.41) is 19.4. The first-order valence-electron chi connectivity index (χ1n) is 17.3. The highest BCUT2D eigenvalue weighted by Crippen LogP contribution is 2.64. The fraction of sp³-hybridized carbons (Fsp3) is 0.405. The van der Waals surface area contributed by atoms with Gasteiger partial charge in [-0.05, 0) is 67.5 Å². The number of hydrogen-bond acceptors (Lipinski definition) is 9. The normalized spacial score (nSPS) is 26.5. The van der Waals surface area contributed by atoms with Gasteiger partial charge in [0.2, 0.25) is 11.8 Å². The van der Waals surface area contributed by atoms with E-state index in [1.165, 1.54) is 11.0 Å². The Morgan fingerprint density at radius 2 is 1.74 bits per heavy atom. The number of pyridine rings is 1. The zero-order chi connectivity index (χ0) is 38.7. The lowest BCUT2D eigenvalue weighted by Crippen LogP contribution is -2.53. The molecule has 2 aromatic heterocycles. The number of rotatable bonds is 11. The first kappa shape index (κ1) is 37.6. The molecule has 6 unspecified atom stereocenters. The molecule has 2 aliphatic carbocycles. The van der Waals surface area contributed by atoms with Crippen molar-refractivity contribution >= 4 is 58.6 Å². The van der Waals surface area contributed by atoms with E-state index in [1.807, 2.05) is 6.08 Å². The van der Waals surface area contributed by atoms with Crippen LogP contribution in [0.15, 0.2) is 64.7 Å². The number of aliphatic hydroxyl groups is 1. The van der Waals surface area contributed by atoms with Crippen LogP contribution in [-0.2, 0) is 42.2 Å². The number of likely N-dealkylation sites (tertiary alicyclic amines) is 1. The van der Waals surface area contributed by atoms with Gasteiger partial charge in [0, 0.05) is 24.2 Å². The number of aliphatic carboxylic acids is 1. The van der Waals surface area contributed by atoms with Gasteiger partial charge in [-0.3, -0.25) is 34.3 Å². The first-order chi connectivity index (χ1) is 25.7. The van der Waals surface area contributed by atoms with Gasteiger partial charge in [0.15, 0.2) is 5.82 Å². The van der Waals surface area contributed by atoms with Crippen LogP contribution >= 0.6 is 23.2 Å². The fourth-order valence-electron chi connectivity index (χ4n) is 8.73. The van der Waals surface area contributed by atoms with Crippen molar-refractivity contribution in [3.63, 3.8) is 0 Å². The highest BCUT2D eigenvalue weighted by molar-refractivity contribution is 6.33. The van der Waals surface area contributed by atoms with Gasteiger partial charge in [0.05, 0.1) is 34.3 Å². The third-order valence-electron chi connectivity index (χ3n) is 11.0. The lowest BCUT2D eigenvalue weighted by atomic mass is 9.50. The maximum absolute atomic E-state index is 15.1. The molecule has 4 amide bonds. The van der Waals surface area contributed by atoms with Crippen LogP contribution in [0.25, 0.3) is 0 Å². The van der Waals surface area contributed by atoms with E-state index in [2.05, 4.69) is 10.4 Å². The average molecular weight is 790 g/mol. The summed E-state index contributed by atoms with van der Waals surface area (Å²) in [6.45, 7) is -0.383. The van der Waals surface area contributed by atoms with Crippen LogP contribution in [-0.4, -0.2) is 61.2 Å². The summed E-state index contributed by atoms with van der Waals surface area (Å²) in [6.07, 6.45) is -1.10. The van der Waals surface area contributed by atoms with E-state index < -0.39 is 82.1 Å². The Labute approximate surface area is 315 Å². The number of anilines is 1. The molecule has 3 fully saturated rings. The smallest absolute Gasteiger partial charge is 0.417 e. The first-order valence-corrected chi connectivity index (χ1v) is 18.0. The lowest BCUT2D eigenvalue weighted by Gasteiger charge is -2.49. The molecule has 7 rings (SSSR count). The Bertz CT molecular complexity index is 2070. The number of aliphatic hydroxyl groups excluding tert-OH is 1. The molecular formula is C37H33Cl2F3N4O8. The molecular weight excluding hydrogens is 756 g/mol. The largest absolute Gasteiger partial charge is 0.481 e. The number of nitrogens with zero attached hydrogens (tertiary/aromatic N) is 3. The number of hydrazine groups is 1. The zero-order valence-corrected chi connectivity index (χ0v) is 29.8. The van der Waals surface area contributed by atoms with E-state index in [0.29, 0.717) is 52.7 Å². The van der Waals surface area contributed by atoms with E-state index >= 15 is 4.79 Å². The van der Waals surface area contributed by atoms with Crippen LogP contribution < -0.4 is 5.43 Å². The predicted molar refractivity (Wildman–Crippen MR) is 184 cm³/mol. The number of carboxylic acid groups (broad SMARTS) is 1. The molecule has 4 heterocycles. The Morgan fingerprint density at radius 1 is 1.00 bits per heavy atom. The highest BCUT2D eigenvalue weighted by atomic mass is 35.5. The van der Waals surface area contributed by atoms with Gasteiger partial charge in [-0.1, -0.05) is 53.4 Å². The standard InChI is InChI=1S/C37H33Cl2F3N4O8/c38-20-7-5-18(6-8-20)36-25(33(51)46(35(36)53)44-31-26(39)14-19(16-43-31)37(40,41)42)15-24-22(30(36)27-12-9-21(17-47)54-27)10-11-23-29(24)34(52)45(32(23)50)13-3-1-2-4-28(48)49/h5-10,12,14,16,23-25,29-30,47H,1-4,11,13,15,17H2,(H,43,44)(H,48,49). The van der Waals surface area contributed by atoms with E-state index in [4.69, 9.17) is 32.7 Å². The molecule has 284 valence electrons. The number of fused-ring (bicyclic) bond motifs is 4. The monoisotopic (exact) mass is 788 g/mol. The van der Waals surface area contributed by atoms with E-state index in [9.17, 15) is 37.5 Å². The average Bonchev–Trinajstić information content (AvgIpc) is 3.76. The van der Waals surface area contributed by atoms with Gasteiger partial charge in [0.25, 0.3) is 11.8 Å². The second-order valence-electron chi connectivity index (χ2n) is 13.9.